The minimum Gasteiger partial charge on any atom is -0.454 e. The number of anilines is 3. The average Bonchev–Trinajstić information content (AvgIpc) is 3.06. The highest BCUT2D eigenvalue weighted by atomic mass is 35.5. The van der Waals surface area contributed by atoms with Crippen LogP contribution in [0.4, 0.5) is 17.1 Å². The van der Waals surface area contributed by atoms with Crippen LogP contribution in [0.5, 0.6) is 11.5 Å². The number of carbonyl (C=O) groups excluding carboxylic acids is 1. The van der Waals surface area contributed by atoms with Gasteiger partial charge < -0.3 is 25.8 Å². The Balaban J connectivity index is 1.70. The molecule has 7 nitrogen and oxygen atoms in total. The summed E-state index contributed by atoms with van der Waals surface area (Å²) < 4.78 is 10.5. The van der Waals surface area contributed by atoms with Crippen LogP contribution in [0.15, 0.2) is 48.2 Å². The molecule has 0 aromatic heterocycles. The van der Waals surface area contributed by atoms with E-state index in [2.05, 4.69) is 10.6 Å². The molecular weight excluding hydrogens is 344 g/mol. The molecule has 0 radical (unpaired) electrons. The number of hydrogen-bond donors (Lipinski definition) is 3. The third-order valence-corrected chi connectivity index (χ3v) is 3.71. The number of rotatable bonds is 4. The van der Waals surface area contributed by atoms with E-state index >= 15 is 0 Å². The Kier molecular flexibility index (Phi) is 4.64. The molecule has 25 heavy (non-hydrogen) atoms. The van der Waals surface area contributed by atoms with Gasteiger partial charge >= 0.3 is 0 Å². The van der Waals surface area contributed by atoms with E-state index in [4.69, 9.17) is 26.8 Å². The van der Waals surface area contributed by atoms with E-state index in [1.165, 1.54) is 12.3 Å². The number of hydrogen-bond acceptors (Lipinski definition) is 6. The molecule has 1 aliphatic rings. The van der Waals surface area contributed by atoms with E-state index in [0.29, 0.717) is 33.6 Å². The van der Waals surface area contributed by atoms with Gasteiger partial charge in [-0.15, -0.1) is 0 Å². The number of nitrogens with one attached hydrogen (secondary N) is 2. The SMILES string of the molecule is N#C/C(=C/Nc1ccc2c(c1)OCO2)C(=O)Nc1ccc(N)c(Cl)c1. The van der Waals surface area contributed by atoms with Gasteiger partial charge in [-0.1, -0.05) is 11.6 Å². The van der Waals surface area contributed by atoms with Crippen molar-refractivity contribution >= 4 is 34.6 Å². The van der Waals surface area contributed by atoms with Crippen molar-refractivity contribution in [3.8, 4) is 17.6 Å². The second-order valence-corrected chi connectivity index (χ2v) is 5.48. The summed E-state index contributed by atoms with van der Waals surface area (Å²) in [5.41, 5.74) is 7.01. The van der Waals surface area contributed by atoms with E-state index in [1.807, 2.05) is 6.07 Å². The summed E-state index contributed by atoms with van der Waals surface area (Å²) >= 11 is 5.91. The Labute approximate surface area is 148 Å². The standard InChI is InChI=1S/C17H13ClN4O3/c18-13-5-12(1-3-14(13)20)22-17(23)10(7-19)8-21-11-2-4-15-16(6-11)25-9-24-15/h1-6,8,21H,9,20H2,(H,22,23)/b10-8-. The molecule has 1 amide bonds. The number of nitriles is 1. The molecule has 0 fully saturated rings. The fourth-order valence-electron chi connectivity index (χ4n) is 2.09. The second-order valence-electron chi connectivity index (χ2n) is 5.07. The summed E-state index contributed by atoms with van der Waals surface area (Å²) in [6, 6.07) is 11.7. The normalized spacial score (nSPS) is 12.4. The fourth-order valence-corrected chi connectivity index (χ4v) is 2.27. The Morgan fingerprint density at radius 1 is 1.20 bits per heavy atom. The predicted octanol–water partition coefficient (Wildman–Crippen LogP) is 3.11. The zero-order chi connectivity index (χ0) is 17.8. The highest BCUT2D eigenvalue weighted by molar-refractivity contribution is 6.33. The summed E-state index contributed by atoms with van der Waals surface area (Å²) in [7, 11) is 0. The van der Waals surface area contributed by atoms with Gasteiger partial charge in [-0.05, 0) is 30.3 Å². The Morgan fingerprint density at radius 2 is 1.96 bits per heavy atom. The maximum absolute atomic E-state index is 12.2. The third-order valence-electron chi connectivity index (χ3n) is 3.38. The topological polar surface area (TPSA) is 109 Å². The van der Waals surface area contributed by atoms with Crippen LogP contribution in [-0.4, -0.2) is 12.7 Å². The predicted molar refractivity (Wildman–Crippen MR) is 94.4 cm³/mol. The molecule has 0 aliphatic carbocycles. The molecule has 4 N–H and O–H groups in total. The van der Waals surface area contributed by atoms with Crippen LogP contribution in [0.1, 0.15) is 0 Å². The number of benzene rings is 2. The third kappa shape index (κ3) is 3.76. The number of fused-ring (bicyclic) bond motifs is 1. The lowest BCUT2D eigenvalue weighted by Crippen LogP contribution is -2.14. The maximum Gasteiger partial charge on any atom is 0.267 e. The minimum atomic E-state index is -0.573. The lowest BCUT2D eigenvalue weighted by Gasteiger charge is -2.07. The summed E-state index contributed by atoms with van der Waals surface area (Å²) in [5.74, 6) is 0.669. The van der Waals surface area contributed by atoms with Gasteiger partial charge in [0, 0.05) is 23.6 Å². The van der Waals surface area contributed by atoms with Gasteiger partial charge in [0.05, 0.1) is 10.7 Å². The molecule has 8 heteroatoms. The first kappa shape index (κ1) is 16.5. The van der Waals surface area contributed by atoms with Crippen LogP contribution < -0.4 is 25.8 Å². The van der Waals surface area contributed by atoms with Crippen LogP contribution in [-0.2, 0) is 4.79 Å². The van der Waals surface area contributed by atoms with E-state index in [9.17, 15) is 10.1 Å². The molecule has 3 rings (SSSR count). The number of carbonyl (C=O) groups is 1. The molecule has 0 unspecified atom stereocenters. The quantitative estimate of drug-likeness (QED) is 0.441. The van der Waals surface area contributed by atoms with Crippen LogP contribution in [0.25, 0.3) is 0 Å². The van der Waals surface area contributed by atoms with Gasteiger partial charge in [-0.25, -0.2) is 0 Å². The lowest BCUT2D eigenvalue weighted by atomic mass is 10.2. The van der Waals surface area contributed by atoms with Gasteiger partial charge in [-0.3, -0.25) is 4.79 Å². The van der Waals surface area contributed by atoms with E-state index in [-0.39, 0.29) is 12.4 Å². The molecule has 1 aliphatic heterocycles. The fraction of sp³-hybridized carbons (Fsp3) is 0.0588. The number of amides is 1. The van der Waals surface area contributed by atoms with Gasteiger partial charge in [0.15, 0.2) is 11.5 Å². The highest BCUT2D eigenvalue weighted by Crippen LogP contribution is 2.34. The minimum absolute atomic E-state index is 0.106. The molecular formula is C17H13ClN4O3. The van der Waals surface area contributed by atoms with Crippen LogP contribution >= 0.6 is 11.6 Å². The molecule has 0 saturated heterocycles. The van der Waals surface area contributed by atoms with Crippen molar-refractivity contribution in [1.82, 2.24) is 0 Å². The Hall–Kier alpha value is -3.37. The number of halogens is 1. The number of nitrogens with two attached hydrogens (primary N) is 1. The van der Waals surface area contributed by atoms with Crippen LogP contribution in [0.3, 0.4) is 0 Å². The molecule has 2 aromatic carbocycles. The highest BCUT2D eigenvalue weighted by Gasteiger charge is 2.14. The van der Waals surface area contributed by atoms with Crippen molar-refractivity contribution in [3.63, 3.8) is 0 Å². The first-order valence-electron chi connectivity index (χ1n) is 7.19. The van der Waals surface area contributed by atoms with Crippen LogP contribution in [0.2, 0.25) is 5.02 Å². The largest absolute Gasteiger partial charge is 0.454 e. The van der Waals surface area contributed by atoms with Crippen molar-refractivity contribution in [1.29, 1.82) is 5.26 Å². The Bertz CT molecular complexity index is 905. The summed E-state index contributed by atoms with van der Waals surface area (Å²) in [6.07, 6.45) is 1.31. The lowest BCUT2D eigenvalue weighted by molar-refractivity contribution is -0.112. The summed E-state index contributed by atoms with van der Waals surface area (Å²) in [6.45, 7) is 0.171. The zero-order valence-corrected chi connectivity index (χ0v) is 13.6. The molecule has 126 valence electrons. The van der Waals surface area contributed by atoms with E-state index in [0.717, 1.165) is 0 Å². The van der Waals surface area contributed by atoms with Crippen molar-refractivity contribution in [2.75, 3.05) is 23.2 Å². The Morgan fingerprint density at radius 3 is 2.72 bits per heavy atom. The van der Waals surface area contributed by atoms with Crippen molar-refractivity contribution in [2.45, 2.75) is 0 Å². The van der Waals surface area contributed by atoms with Gasteiger partial charge in [0.1, 0.15) is 11.6 Å². The molecule has 0 bridgehead atoms. The molecule has 0 spiro atoms. The van der Waals surface area contributed by atoms with Gasteiger partial charge in [-0.2, -0.15) is 5.26 Å². The summed E-state index contributed by atoms with van der Waals surface area (Å²) in [4.78, 5) is 12.2. The van der Waals surface area contributed by atoms with Crippen molar-refractivity contribution < 1.29 is 14.3 Å². The number of nitrogens with zero attached hydrogens (tertiary/aromatic N) is 1. The van der Waals surface area contributed by atoms with Crippen molar-refractivity contribution in [3.05, 3.63) is 53.2 Å². The smallest absolute Gasteiger partial charge is 0.267 e. The number of nitrogen functional groups attached to an aromatic ring is 1. The number of ether oxygens (including phenoxy) is 2. The average molecular weight is 357 g/mol. The monoisotopic (exact) mass is 356 g/mol. The van der Waals surface area contributed by atoms with E-state index in [1.54, 1.807) is 30.3 Å². The van der Waals surface area contributed by atoms with Gasteiger partial charge in [0.2, 0.25) is 6.79 Å². The zero-order valence-electron chi connectivity index (χ0n) is 12.9. The van der Waals surface area contributed by atoms with Crippen LogP contribution in [0, 0.1) is 11.3 Å². The first-order valence-corrected chi connectivity index (χ1v) is 7.57. The molecule has 1 heterocycles. The summed E-state index contributed by atoms with van der Waals surface area (Å²) in [5, 5.41) is 15.0. The molecule has 0 saturated carbocycles. The molecule has 0 atom stereocenters. The maximum atomic E-state index is 12.2. The van der Waals surface area contributed by atoms with Gasteiger partial charge in [0.25, 0.3) is 5.91 Å². The van der Waals surface area contributed by atoms with E-state index < -0.39 is 5.91 Å². The molecule has 2 aromatic rings. The van der Waals surface area contributed by atoms with Crippen molar-refractivity contribution in [2.24, 2.45) is 0 Å². The first-order chi connectivity index (χ1) is 12.1. The second kappa shape index (κ2) is 7.03.